The lowest BCUT2D eigenvalue weighted by atomic mass is 9.71. The summed E-state index contributed by atoms with van der Waals surface area (Å²) in [5, 5.41) is 1.99. The lowest BCUT2D eigenvalue weighted by molar-refractivity contribution is 0.186. The van der Waals surface area contributed by atoms with Gasteiger partial charge in [-0.15, -0.1) is 0 Å². The molecule has 0 bridgehead atoms. The number of aliphatic imine (C=N–C) groups is 1. The van der Waals surface area contributed by atoms with Gasteiger partial charge in [-0.25, -0.2) is 8.78 Å². The fourth-order valence-electron chi connectivity index (χ4n) is 4.78. The maximum absolute atomic E-state index is 13.9. The first kappa shape index (κ1) is 21.9. The molecule has 0 radical (unpaired) electrons. The first-order valence-electron chi connectivity index (χ1n) is 10.9. The number of rotatable bonds is 5. The summed E-state index contributed by atoms with van der Waals surface area (Å²) in [6.07, 6.45) is 15.1. The smallest absolute Gasteiger partial charge is 0.153 e. The molecule has 1 aromatic rings. The molecule has 3 rings (SSSR count). The van der Waals surface area contributed by atoms with E-state index >= 15 is 0 Å². The van der Waals surface area contributed by atoms with Gasteiger partial charge in [0, 0.05) is 5.56 Å². The minimum Gasteiger partial charge on any atom is -0.204 e. The summed E-state index contributed by atoms with van der Waals surface area (Å²) in [7, 11) is 0. The van der Waals surface area contributed by atoms with E-state index in [9.17, 15) is 8.78 Å². The summed E-state index contributed by atoms with van der Waals surface area (Å²) < 4.78 is 27.8. The SMILES string of the molecule is CCCCC1CCC(C2CC=C(C#Cc3cc(F)c(N=C=S)c(F)c3)CC2)CC1. The lowest BCUT2D eigenvalue weighted by Crippen LogP contribution is -2.23. The van der Waals surface area contributed by atoms with Crippen LogP contribution in [0.25, 0.3) is 0 Å². The molecule has 154 valence electrons. The molecule has 4 heteroatoms. The van der Waals surface area contributed by atoms with Gasteiger partial charge in [-0.1, -0.05) is 56.9 Å². The number of hydrogen-bond donors (Lipinski definition) is 0. The molecule has 0 N–H and O–H groups in total. The van der Waals surface area contributed by atoms with Crippen LogP contribution in [-0.4, -0.2) is 5.16 Å². The minimum absolute atomic E-state index is 0.316. The Balaban J connectivity index is 1.56. The van der Waals surface area contributed by atoms with E-state index in [4.69, 9.17) is 0 Å². The molecule has 1 saturated carbocycles. The Morgan fingerprint density at radius 2 is 1.76 bits per heavy atom. The molecule has 1 atom stereocenters. The van der Waals surface area contributed by atoms with E-state index < -0.39 is 17.3 Å². The second kappa shape index (κ2) is 10.8. The first-order valence-corrected chi connectivity index (χ1v) is 11.3. The van der Waals surface area contributed by atoms with E-state index in [1.54, 1.807) is 0 Å². The highest BCUT2D eigenvalue weighted by atomic mass is 32.1. The van der Waals surface area contributed by atoms with Crippen LogP contribution >= 0.6 is 12.2 Å². The van der Waals surface area contributed by atoms with Gasteiger partial charge in [0.25, 0.3) is 0 Å². The van der Waals surface area contributed by atoms with Gasteiger partial charge in [-0.3, -0.25) is 0 Å². The number of halogens is 2. The predicted octanol–water partition coefficient (Wildman–Crippen LogP) is 7.77. The van der Waals surface area contributed by atoms with Gasteiger partial charge in [-0.2, -0.15) is 4.99 Å². The standard InChI is InChI=1S/C25H29F2NS/c1-2-3-4-18-7-11-21(12-8-18)22-13-9-19(10-14-22)5-6-20-15-23(26)25(28-17-29)24(27)16-20/h9,15-16,18,21-22H,2-4,7-8,10-14H2,1H3. The van der Waals surface area contributed by atoms with Gasteiger partial charge in [0.1, 0.15) is 5.69 Å². The largest absolute Gasteiger partial charge is 0.204 e. The number of thiocarbonyl (C=S) groups is 1. The Labute approximate surface area is 178 Å². The van der Waals surface area contributed by atoms with Crippen LogP contribution in [0.3, 0.4) is 0 Å². The van der Waals surface area contributed by atoms with Gasteiger partial charge in [-0.05, 0) is 79.8 Å². The van der Waals surface area contributed by atoms with Crippen LogP contribution in [0.4, 0.5) is 14.5 Å². The van der Waals surface area contributed by atoms with Crippen LogP contribution < -0.4 is 0 Å². The van der Waals surface area contributed by atoms with E-state index in [1.165, 1.54) is 63.5 Å². The third-order valence-electron chi connectivity index (χ3n) is 6.52. The topological polar surface area (TPSA) is 12.4 Å². The maximum Gasteiger partial charge on any atom is 0.153 e. The molecule has 0 spiro atoms. The fraction of sp³-hybridized carbons (Fsp3) is 0.560. The van der Waals surface area contributed by atoms with Crippen LogP contribution in [0.2, 0.25) is 0 Å². The van der Waals surface area contributed by atoms with Crippen molar-refractivity contribution in [3.63, 3.8) is 0 Å². The van der Waals surface area contributed by atoms with E-state index in [1.807, 2.05) is 5.16 Å². The number of isothiocyanates is 1. The normalized spacial score (nSPS) is 24.1. The zero-order valence-electron chi connectivity index (χ0n) is 17.1. The molecule has 0 amide bonds. The van der Waals surface area contributed by atoms with Crippen molar-refractivity contribution in [2.24, 2.45) is 22.7 Å². The highest BCUT2D eigenvalue weighted by Crippen LogP contribution is 2.40. The number of unbranched alkanes of at least 4 members (excludes halogenated alkanes) is 1. The molecule has 1 nitrogen and oxygen atoms in total. The average Bonchev–Trinajstić information content (AvgIpc) is 2.74. The molecule has 1 unspecified atom stereocenters. The second-order valence-corrected chi connectivity index (χ2v) is 8.61. The number of hydrogen-bond acceptors (Lipinski definition) is 2. The third-order valence-corrected chi connectivity index (χ3v) is 6.61. The molecule has 0 aliphatic heterocycles. The Kier molecular flexibility index (Phi) is 8.16. The molecule has 1 aromatic carbocycles. The molecular weight excluding hydrogens is 384 g/mol. The number of nitrogens with zero attached hydrogens (tertiary/aromatic N) is 1. The minimum atomic E-state index is -0.765. The summed E-state index contributed by atoms with van der Waals surface area (Å²) in [4.78, 5) is 3.42. The summed E-state index contributed by atoms with van der Waals surface area (Å²) >= 11 is 4.42. The van der Waals surface area contributed by atoms with E-state index in [-0.39, 0.29) is 0 Å². The Bertz CT molecular complexity index is 826. The Hall–Kier alpha value is -1.82. The van der Waals surface area contributed by atoms with Crippen LogP contribution in [0, 0.1) is 41.2 Å². The molecular formula is C25H29F2NS. The van der Waals surface area contributed by atoms with Gasteiger partial charge >= 0.3 is 0 Å². The van der Waals surface area contributed by atoms with Crippen molar-refractivity contribution < 1.29 is 8.78 Å². The monoisotopic (exact) mass is 413 g/mol. The first-order chi connectivity index (χ1) is 14.1. The summed E-state index contributed by atoms with van der Waals surface area (Å²) in [6, 6.07) is 2.40. The van der Waals surface area contributed by atoms with Crippen LogP contribution in [0.15, 0.2) is 28.8 Å². The van der Waals surface area contributed by atoms with Gasteiger partial charge in [0.15, 0.2) is 11.6 Å². The fourth-order valence-corrected chi connectivity index (χ4v) is 4.87. The van der Waals surface area contributed by atoms with E-state index in [0.717, 1.165) is 36.2 Å². The van der Waals surface area contributed by atoms with Gasteiger partial charge in [0.2, 0.25) is 0 Å². The van der Waals surface area contributed by atoms with Gasteiger partial charge < -0.3 is 0 Å². The van der Waals surface area contributed by atoms with Crippen LogP contribution in [-0.2, 0) is 0 Å². The maximum atomic E-state index is 13.9. The zero-order valence-corrected chi connectivity index (χ0v) is 18.0. The van der Waals surface area contributed by atoms with Crippen molar-refractivity contribution in [3.05, 3.63) is 41.0 Å². The zero-order chi connectivity index (χ0) is 20.6. The molecule has 29 heavy (non-hydrogen) atoms. The third kappa shape index (κ3) is 6.08. The second-order valence-electron chi connectivity index (χ2n) is 8.43. The summed E-state index contributed by atoms with van der Waals surface area (Å²) in [5.74, 6) is 7.06. The average molecular weight is 414 g/mol. The Morgan fingerprint density at radius 3 is 2.34 bits per heavy atom. The number of benzene rings is 1. The van der Waals surface area contributed by atoms with E-state index in [2.05, 4.69) is 42.1 Å². The van der Waals surface area contributed by atoms with Crippen molar-refractivity contribution in [1.82, 2.24) is 0 Å². The van der Waals surface area contributed by atoms with Crippen molar-refractivity contribution in [3.8, 4) is 11.8 Å². The predicted molar refractivity (Wildman–Crippen MR) is 118 cm³/mol. The van der Waals surface area contributed by atoms with Crippen molar-refractivity contribution in [2.45, 2.75) is 71.1 Å². The van der Waals surface area contributed by atoms with Gasteiger partial charge in [0.05, 0.1) is 5.16 Å². The molecule has 0 saturated heterocycles. The lowest BCUT2D eigenvalue weighted by Gasteiger charge is -2.35. The Morgan fingerprint density at radius 1 is 1.03 bits per heavy atom. The van der Waals surface area contributed by atoms with Crippen LogP contribution in [0.5, 0.6) is 0 Å². The summed E-state index contributed by atoms with van der Waals surface area (Å²) in [6.45, 7) is 2.28. The van der Waals surface area contributed by atoms with Crippen molar-refractivity contribution in [1.29, 1.82) is 0 Å². The van der Waals surface area contributed by atoms with Crippen LogP contribution in [0.1, 0.15) is 76.7 Å². The molecule has 1 fully saturated rings. The molecule has 0 heterocycles. The van der Waals surface area contributed by atoms with Crippen molar-refractivity contribution in [2.75, 3.05) is 0 Å². The quantitative estimate of drug-likeness (QED) is 0.273. The molecule has 2 aliphatic rings. The highest BCUT2D eigenvalue weighted by molar-refractivity contribution is 7.78. The highest BCUT2D eigenvalue weighted by Gasteiger charge is 2.28. The van der Waals surface area contributed by atoms with E-state index in [0.29, 0.717) is 5.56 Å². The summed E-state index contributed by atoms with van der Waals surface area (Å²) in [5.41, 5.74) is 0.992. The van der Waals surface area contributed by atoms with Crippen molar-refractivity contribution >= 4 is 23.1 Å². The molecule has 2 aliphatic carbocycles. The number of allylic oxidation sites excluding steroid dienone is 2. The molecule has 0 aromatic heterocycles.